The first-order valence-corrected chi connectivity index (χ1v) is 6.28. The van der Waals surface area contributed by atoms with Gasteiger partial charge in [0.1, 0.15) is 5.82 Å². The number of nitrogens with one attached hydrogen (secondary N) is 1. The molecule has 0 spiro atoms. The molecule has 3 heteroatoms. The van der Waals surface area contributed by atoms with Gasteiger partial charge in [-0.05, 0) is 62.4 Å². The SMILES string of the molecule is Fc1cc(CC2CCCNCC2)ccc1Cl. The molecule has 1 atom stereocenters. The van der Waals surface area contributed by atoms with E-state index in [0.717, 1.165) is 25.1 Å². The Morgan fingerprint density at radius 3 is 3.00 bits per heavy atom. The minimum atomic E-state index is -0.300. The maximum Gasteiger partial charge on any atom is 0.142 e. The molecule has 2 rings (SSSR count). The molecule has 1 aliphatic rings. The first-order chi connectivity index (χ1) is 7.75. The third kappa shape index (κ3) is 3.19. The fraction of sp³-hybridized carbons (Fsp3) is 0.538. The smallest absolute Gasteiger partial charge is 0.142 e. The van der Waals surface area contributed by atoms with Crippen LogP contribution in [0.2, 0.25) is 5.02 Å². The van der Waals surface area contributed by atoms with Crippen molar-refractivity contribution in [2.24, 2.45) is 5.92 Å². The van der Waals surface area contributed by atoms with Gasteiger partial charge in [-0.3, -0.25) is 0 Å². The molecule has 0 amide bonds. The molecule has 88 valence electrons. The van der Waals surface area contributed by atoms with Gasteiger partial charge in [-0.25, -0.2) is 4.39 Å². The summed E-state index contributed by atoms with van der Waals surface area (Å²) >= 11 is 5.66. The Balaban J connectivity index is 1.99. The van der Waals surface area contributed by atoms with Gasteiger partial charge in [-0.15, -0.1) is 0 Å². The van der Waals surface area contributed by atoms with Crippen LogP contribution < -0.4 is 5.32 Å². The topological polar surface area (TPSA) is 12.0 Å². The molecule has 0 aliphatic carbocycles. The van der Waals surface area contributed by atoms with E-state index in [9.17, 15) is 4.39 Å². The van der Waals surface area contributed by atoms with Gasteiger partial charge in [0.15, 0.2) is 0 Å². The Hall–Kier alpha value is -0.600. The second-order valence-electron chi connectivity index (χ2n) is 4.50. The average molecular weight is 242 g/mol. The molecule has 1 N–H and O–H groups in total. The average Bonchev–Trinajstić information content (AvgIpc) is 2.52. The minimum absolute atomic E-state index is 0.214. The fourth-order valence-corrected chi connectivity index (χ4v) is 2.41. The van der Waals surface area contributed by atoms with Crippen LogP contribution >= 0.6 is 11.6 Å². The lowest BCUT2D eigenvalue weighted by atomic mass is 9.93. The summed E-state index contributed by atoms with van der Waals surface area (Å²) in [5.41, 5.74) is 1.06. The molecular formula is C13H17ClFN. The van der Waals surface area contributed by atoms with Crippen molar-refractivity contribution in [1.29, 1.82) is 0 Å². The Kier molecular flexibility index (Phi) is 4.19. The van der Waals surface area contributed by atoms with Crippen LogP contribution in [0.15, 0.2) is 18.2 Å². The van der Waals surface area contributed by atoms with Crippen molar-refractivity contribution in [3.8, 4) is 0 Å². The van der Waals surface area contributed by atoms with E-state index in [1.807, 2.05) is 6.07 Å². The summed E-state index contributed by atoms with van der Waals surface area (Å²) in [5.74, 6) is 0.376. The highest BCUT2D eigenvalue weighted by Crippen LogP contribution is 2.22. The maximum atomic E-state index is 13.3. The van der Waals surface area contributed by atoms with Gasteiger partial charge in [0.05, 0.1) is 5.02 Å². The zero-order chi connectivity index (χ0) is 11.4. The van der Waals surface area contributed by atoms with E-state index in [-0.39, 0.29) is 10.8 Å². The predicted molar refractivity (Wildman–Crippen MR) is 65.3 cm³/mol. The summed E-state index contributed by atoms with van der Waals surface area (Å²) < 4.78 is 13.3. The van der Waals surface area contributed by atoms with Crippen molar-refractivity contribution in [2.45, 2.75) is 25.7 Å². The number of hydrogen-bond acceptors (Lipinski definition) is 1. The van der Waals surface area contributed by atoms with E-state index in [1.165, 1.54) is 19.3 Å². The highest BCUT2D eigenvalue weighted by molar-refractivity contribution is 6.30. The standard InChI is InChI=1S/C13H17ClFN/c14-12-4-3-11(9-13(12)15)8-10-2-1-6-16-7-5-10/h3-4,9-10,16H,1-2,5-8H2. The van der Waals surface area contributed by atoms with Gasteiger partial charge in [0, 0.05) is 0 Å². The summed E-state index contributed by atoms with van der Waals surface area (Å²) in [7, 11) is 0. The molecule has 1 unspecified atom stereocenters. The molecule has 16 heavy (non-hydrogen) atoms. The van der Waals surface area contributed by atoms with Crippen LogP contribution in [-0.2, 0) is 6.42 Å². The van der Waals surface area contributed by atoms with Gasteiger partial charge < -0.3 is 5.32 Å². The van der Waals surface area contributed by atoms with Crippen LogP contribution in [0.4, 0.5) is 4.39 Å². The fourth-order valence-electron chi connectivity index (χ4n) is 2.30. The maximum absolute atomic E-state index is 13.3. The summed E-state index contributed by atoms with van der Waals surface area (Å²) in [4.78, 5) is 0. The van der Waals surface area contributed by atoms with E-state index in [4.69, 9.17) is 11.6 Å². The zero-order valence-electron chi connectivity index (χ0n) is 9.31. The van der Waals surface area contributed by atoms with Gasteiger partial charge >= 0.3 is 0 Å². The molecule has 1 nitrogen and oxygen atoms in total. The highest BCUT2D eigenvalue weighted by Gasteiger charge is 2.13. The van der Waals surface area contributed by atoms with Crippen LogP contribution in [0.25, 0.3) is 0 Å². The molecule has 1 heterocycles. The van der Waals surface area contributed by atoms with E-state index in [0.29, 0.717) is 5.92 Å². The van der Waals surface area contributed by atoms with E-state index < -0.39 is 0 Å². The van der Waals surface area contributed by atoms with Gasteiger partial charge in [0.25, 0.3) is 0 Å². The monoisotopic (exact) mass is 241 g/mol. The van der Waals surface area contributed by atoms with E-state index in [1.54, 1.807) is 12.1 Å². The quantitative estimate of drug-likeness (QED) is 0.837. The number of rotatable bonds is 2. The highest BCUT2D eigenvalue weighted by atomic mass is 35.5. The van der Waals surface area contributed by atoms with Crippen LogP contribution in [0.1, 0.15) is 24.8 Å². The summed E-state index contributed by atoms with van der Waals surface area (Å²) in [6, 6.07) is 5.16. The third-order valence-corrected chi connectivity index (χ3v) is 3.51. The Morgan fingerprint density at radius 1 is 1.31 bits per heavy atom. The van der Waals surface area contributed by atoms with Crippen LogP contribution in [0.5, 0.6) is 0 Å². The summed E-state index contributed by atoms with van der Waals surface area (Å²) in [5, 5.41) is 3.60. The minimum Gasteiger partial charge on any atom is -0.317 e. The first-order valence-electron chi connectivity index (χ1n) is 5.90. The molecule has 0 bridgehead atoms. The molecule has 1 fully saturated rings. The van der Waals surface area contributed by atoms with E-state index in [2.05, 4.69) is 5.32 Å². The van der Waals surface area contributed by atoms with Crippen molar-refractivity contribution in [3.63, 3.8) is 0 Å². The van der Waals surface area contributed by atoms with Gasteiger partial charge in [-0.1, -0.05) is 17.7 Å². The third-order valence-electron chi connectivity index (χ3n) is 3.20. The normalized spacial score (nSPS) is 21.8. The molecule has 0 aromatic heterocycles. The second-order valence-corrected chi connectivity index (χ2v) is 4.91. The van der Waals surface area contributed by atoms with Crippen molar-refractivity contribution in [1.82, 2.24) is 5.32 Å². The van der Waals surface area contributed by atoms with Crippen LogP contribution in [0.3, 0.4) is 0 Å². The molecular weight excluding hydrogens is 225 g/mol. The largest absolute Gasteiger partial charge is 0.317 e. The van der Waals surface area contributed by atoms with Gasteiger partial charge in [0.2, 0.25) is 0 Å². The van der Waals surface area contributed by atoms with Crippen molar-refractivity contribution in [2.75, 3.05) is 13.1 Å². The lowest BCUT2D eigenvalue weighted by Gasteiger charge is -2.13. The zero-order valence-corrected chi connectivity index (χ0v) is 10.1. The molecule has 0 radical (unpaired) electrons. The number of benzene rings is 1. The van der Waals surface area contributed by atoms with E-state index >= 15 is 0 Å². The predicted octanol–water partition coefficient (Wildman–Crippen LogP) is 3.41. The number of hydrogen-bond donors (Lipinski definition) is 1. The Bertz CT molecular complexity index is 346. The second kappa shape index (κ2) is 5.65. The summed E-state index contributed by atoms with van der Waals surface area (Å²) in [6.07, 6.45) is 4.61. The van der Waals surface area contributed by atoms with Crippen LogP contribution in [-0.4, -0.2) is 13.1 Å². The molecule has 1 aromatic rings. The van der Waals surface area contributed by atoms with Gasteiger partial charge in [-0.2, -0.15) is 0 Å². The summed E-state index contributed by atoms with van der Waals surface area (Å²) in [6.45, 7) is 2.20. The molecule has 1 aromatic carbocycles. The first kappa shape index (κ1) is 11.9. The molecule has 1 aliphatic heterocycles. The number of halogens is 2. The lowest BCUT2D eigenvalue weighted by molar-refractivity contribution is 0.468. The Labute approximate surface area is 101 Å². The molecule has 1 saturated heterocycles. The van der Waals surface area contributed by atoms with Crippen molar-refractivity contribution >= 4 is 11.6 Å². The van der Waals surface area contributed by atoms with Crippen LogP contribution in [0, 0.1) is 11.7 Å². The van der Waals surface area contributed by atoms with Crippen molar-refractivity contribution in [3.05, 3.63) is 34.6 Å². The Morgan fingerprint density at radius 2 is 2.19 bits per heavy atom. The lowest BCUT2D eigenvalue weighted by Crippen LogP contribution is -2.14. The molecule has 0 saturated carbocycles. The van der Waals surface area contributed by atoms with Crippen molar-refractivity contribution < 1.29 is 4.39 Å².